The van der Waals surface area contributed by atoms with E-state index in [1.165, 1.54) is 14.2 Å². The van der Waals surface area contributed by atoms with Crippen LogP contribution in [0.3, 0.4) is 0 Å². The molecule has 0 spiro atoms. The van der Waals surface area contributed by atoms with Gasteiger partial charge in [0, 0.05) is 33.6 Å². The number of carbonyl (C=O) groups excluding carboxylic acids is 4. The molecule has 1 unspecified atom stereocenters. The highest BCUT2D eigenvalue weighted by molar-refractivity contribution is 7.32. The number of nitrogens with one attached hydrogen (secondary N) is 4. The van der Waals surface area contributed by atoms with E-state index in [9.17, 15) is 19.2 Å². The largest absolute Gasteiger partial charge is 0.453 e. The Morgan fingerprint density at radius 2 is 1.18 bits per heavy atom. The smallest absolute Gasteiger partial charge is 0.407 e. The van der Waals surface area contributed by atoms with Gasteiger partial charge in [-0.15, -0.1) is 34.0 Å². The molecule has 0 aromatic carbocycles. The van der Waals surface area contributed by atoms with Crippen LogP contribution in [0.4, 0.5) is 9.59 Å². The van der Waals surface area contributed by atoms with Crippen LogP contribution in [0.2, 0.25) is 0 Å². The van der Waals surface area contributed by atoms with E-state index in [1.807, 2.05) is 45.0 Å². The summed E-state index contributed by atoms with van der Waals surface area (Å²) in [6.07, 6.45) is 7.48. The number of aromatic amines is 2. The number of thiazole rings is 1. The van der Waals surface area contributed by atoms with E-state index in [4.69, 9.17) is 19.4 Å². The Balaban J connectivity index is 1.03. The van der Waals surface area contributed by atoms with Crippen molar-refractivity contribution in [1.82, 2.24) is 45.4 Å². The second-order valence-corrected chi connectivity index (χ2v) is 17.6. The quantitative estimate of drug-likeness (QED) is 0.110. The molecule has 5 aromatic heterocycles. The highest BCUT2D eigenvalue weighted by Gasteiger charge is 2.39. The summed E-state index contributed by atoms with van der Waals surface area (Å²) < 4.78 is 11.8. The van der Waals surface area contributed by atoms with E-state index in [-0.39, 0.29) is 35.7 Å². The van der Waals surface area contributed by atoms with Crippen LogP contribution in [0.25, 0.3) is 40.4 Å². The molecule has 0 bridgehead atoms. The summed E-state index contributed by atoms with van der Waals surface area (Å²) >= 11 is 4.96. The van der Waals surface area contributed by atoms with Crippen LogP contribution in [0.5, 0.6) is 0 Å². The van der Waals surface area contributed by atoms with E-state index in [2.05, 4.69) is 37.7 Å². The molecule has 2 saturated heterocycles. The van der Waals surface area contributed by atoms with Crippen molar-refractivity contribution >= 4 is 67.4 Å². The van der Waals surface area contributed by atoms with Crippen LogP contribution in [0.1, 0.15) is 77.1 Å². The average molecular weight is 808 g/mol. The van der Waals surface area contributed by atoms with E-state index < -0.39 is 24.3 Å². The van der Waals surface area contributed by atoms with Crippen molar-refractivity contribution in [3.05, 3.63) is 42.4 Å². The van der Waals surface area contributed by atoms with Gasteiger partial charge in [-0.2, -0.15) is 0 Å². The molecule has 18 heteroatoms. The minimum Gasteiger partial charge on any atom is -0.453 e. The van der Waals surface area contributed by atoms with Crippen molar-refractivity contribution in [2.24, 2.45) is 11.8 Å². The monoisotopic (exact) mass is 807 g/mol. The number of likely N-dealkylation sites (tertiary alicyclic amines) is 2. The van der Waals surface area contributed by atoms with Gasteiger partial charge in [-0.1, -0.05) is 27.7 Å². The summed E-state index contributed by atoms with van der Waals surface area (Å²) in [6.45, 7) is 8.78. The number of aromatic nitrogens is 5. The second-order valence-electron chi connectivity index (χ2n) is 14.4. The number of rotatable bonds is 11. The number of hydrogen-bond acceptors (Lipinski definition) is 12. The minimum atomic E-state index is -0.695. The third-order valence-corrected chi connectivity index (χ3v) is 13.7. The van der Waals surface area contributed by atoms with E-state index >= 15 is 0 Å². The number of amides is 4. The van der Waals surface area contributed by atoms with Crippen LogP contribution >= 0.6 is 34.0 Å². The highest BCUT2D eigenvalue weighted by Crippen LogP contribution is 2.44. The van der Waals surface area contributed by atoms with E-state index in [0.29, 0.717) is 18.9 Å². The molecule has 4 amide bonds. The lowest BCUT2D eigenvalue weighted by Crippen LogP contribution is -2.51. The van der Waals surface area contributed by atoms with Crippen molar-refractivity contribution in [1.29, 1.82) is 0 Å². The Labute approximate surface area is 330 Å². The number of alkyl carbamates (subject to hydrolysis) is 2. The first kappa shape index (κ1) is 38.5. The number of methoxy groups -OCH3 is 2. The fraction of sp³-hybridized carbons (Fsp3) is 0.486. The number of imidazole rings is 2. The van der Waals surface area contributed by atoms with Gasteiger partial charge in [0.05, 0.1) is 59.8 Å². The second kappa shape index (κ2) is 16.1. The number of hydrogen-bond donors (Lipinski definition) is 4. The maximum absolute atomic E-state index is 13.6. The Morgan fingerprint density at radius 1 is 0.691 bits per heavy atom. The van der Waals surface area contributed by atoms with Crippen LogP contribution in [-0.4, -0.2) is 98.1 Å². The molecule has 4 atom stereocenters. The van der Waals surface area contributed by atoms with Gasteiger partial charge in [0.15, 0.2) is 0 Å². The maximum atomic E-state index is 13.6. The minimum absolute atomic E-state index is 0.103. The molecule has 2 aliphatic heterocycles. The zero-order valence-electron chi connectivity index (χ0n) is 31.5. The lowest BCUT2D eigenvalue weighted by molar-refractivity contribution is -0.136. The molecule has 0 saturated carbocycles. The van der Waals surface area contributed by atoms with Crippen LogP contribution in [0, 0.1) is 11.8 Å². The topological polar surface area (TPSA) is 188 Å². The molecular formula is C37H45N9O6S3. The standard InChI is InChI=1S/C37H45N9O6S3/c1-18(2)29(43-36(49)51-5)34(47)45-11-7-9-22(45)31-38-15-20(41-31)24-13-25-26(53-24)14-27(54-25)28-17-40-33(55-28)21-16-39-32(42-21)23-10-8-12-46(23)35(48)30(19(3)4)44-37(50)52-6/h13-19,22-23,29-30H,7-12H2,1-6H3,(H,38,41)(H,39,42)(H,43,49)(H,44,50)/t22?,23-,29-,30-/m0/s1. The number of ether oxygens (including phenoxy) is 2. The SMILES string of the molecule is COC(=O)N[C@H](C(=O)N1CCCC1c1ncc(-c2cc3sc(-c4cnc(-c5cnc([C@@H]6CCCN6C(=O)[C@@H](NC(=O)OC)C(C)C)[nH]5)s4)cc3s2)[nH]1)C(C)C. The number of H-pyrrole nitrogens is 2. The fourth-order valence-corrected chi connectivity index (χ4v) is 10.5. The Bertz CT molecular complexity index is 2150. The molecule has 0 radical (unpaired) electrons. The summed E-state index contributed by atoms with van der Waals surface area (Å²) in [6, 6.07) is 2.55. The number of carbonyl (C=O) groups is 4. The highest BCUT2D eigenvalue weighted by atomic mass is 32.1. The number of thiophene rings is 2. The molecule has 7 rings (SSSR count). The number of fused-ring (bicyclic) bond motifs is 1. The van der Waals surface area contributed by atoms with Gasteiger partial charge in [-0.05, 0) is 49.7 Å². The Kier molecular flexibility index (Phi) is 11.3. The summed E-state index contributed by atoms with van der Waals surface area (Å²) in [7, 11) is 2.58. The zero-order valence-corrected chi connectivity index (χ0v) is 34.0. The fourth-order valence-electron chi connectivity index (χ4n) is 7.23. The van der Waals surface area contributed by atoms with Crippen molar-refractivity contribution < 1.29 is 28.7 Å². The molecule has 15 nitrogen and oxygen atoms in total. The lowest BCUT2D eigenvalue weighted by Gasteiger charge is -2.30. The first-order chi connectivity index (χ1) is 26.4. The van der Waals surface area contributed by atoms with Gasteiger partial charge in [-0.3, -0.25) is 9.59 Å². The van der Waals surface area contributed by atoms with Gasteiger partial charge in [0.25, 0.3) is 0 Å². The Morgan fingerprint density at radius 3 is 1.71 bits per heavy atom. The first-order valence-electron chi connectivity index (χ1n) is 18.4. The predicted molar refractivity (Wildman–Crippen MR) is 212 cm³/mol. The Hall–Kier alpha value is -4.81. The van der Waals surface area contributed by atoms with Crippen molar-refractivity contribution in [2.75, 3.05) is 27.3 Å². The first-order valence-corrected chi connectivity index (χ1v) is 20.8. The predicted octanol–water partition coefficient (Wildman–Crippen LogP) is 6.95. The summed E-state index contributed by atoms with van der Waals surface area (Å²) in [5.41, 5.74) is 1.69. The third kappa shape index (κ3) is 7.84. The molecular weight excluding hydrogens is 763 g/mol. The summed E-state index contributed by atoms with van der Waals surface area (Å²) in [5, 5.41) is 6.20. The van der Waals surface area contributed by atoms with Crippen molar-refractivity contribution in [2.45, 2.75) is 77.5 Å². The molecule has 0 aliphatic carbocycles. The van der Waals surface area contributed by atoms with Crippen molar-refractivity contribution in [3.8, 4) is 31.0 Å². The zero-order chi connectivity index (χ0) is 39.0. The van der Waals surface area contributed by atoms with Crippen molar-refractivity contribution in [3.63, 3.8) is 0 Å². The van der Waals surface area contributed by atoms with Gasteiger partial charge in [-0.25, -0.2) is 24.5 Å². The number of nitrogens with zero attached hydrogens (tertiary/aromatic N) is 5. The average Bonchev–Trinajstić information content (AvgIpc) is 4.01. The molecule has 2 fully saturated rings. The molecule has 4 N–H and O–H groups in total. The van der Waals surface area contributed by atoms with Gasteiger partial charge in [0.2, 0.25) is 11.8 Å². The molecule has 292 valence electrons. The van der Waals surface area contributed by atoms with Gasteiger partial charge < -0.3 is 39.9 Å². The van der Waals surface area contributed by atoms with Gasteiger partial charge >= 0.3 is 12.2 Å². The van der Waals surface area contributed by atoms with Gasteiger partial charge in [0.1, 0.15) is 28.7 Å². The van der Waals surface area contributed by atoms with Crippen LogP contribution < -0.4 is 10.6 Å². The molecule has 7 heterocycles. The lowest BCUT2D eigenvalue weighted by atomic mass is 10.0. The summed E-state index contributed by atoms with van der Waals surface area (Å²) in [5.74, 6) is 0.939. The normalized spacial score (nSPS) is 18.3. The molecule has 2 aliphatic rings. The van der Waals surface area contributed by atoms with Crippen LogP contribution in [0.15, 0.2) is 30.7 Å². The van der Waals surface area contributed by atoms with E-state index in [1.54, 1.807) is 45.1 Å². The van der Waals surface area contributed by atoms with E-state index in [0.717, 1.165) is 71.9 Å². The summed E-state index contributed by atoms with van der Waals surface area (Å²) in [4.78, 5) is 78.8. The maximum Gasteiger partial charge on any atom is 0.407 e. The molecule has 5 aromatic rings. The third-order valence-electron chi connectivity index (χ3n) is 10.1. The molecule has 55 heavy (non-hydrogen) atoms. The van der Waals surface area contributed by atoms with Crippen LogP contribution in [-0.2, 0) is 19.1 Å².